The Hall–Kier alpha value is -2.08. The van der Waals surface area contributed by atoms with Gasteiger partial charge in [-0.1, -0.05) is 12.1 Å². The van der Waals surface area contributed by atoms with Crippen LogP contribution in [0.2, 0.25) is 0 Å². The van der Waals surface area contributed by atoms with Crippen LogP contribution in [0.3, 0.4) is 0 Å². The van der Waals surface area contributed by atoms with Gasteiger partial charge in [-0.2, -0.15) is 0 Å². The fourth-order valence-corrected chi connectivity index (χ4v) is 1.78. The molecule has 0 aliphatic heterocycles. The number of nitrogens with one attached hydrogen (secondary N) is 1. The predicted octanol–water partition coefficient (Wildman–Crippen LogP) is 1.55. The largest absolute Gasteiger partial charge is 0.481 e. The summed E-state index contributed by atoms with van der Waals surface area (Å²) in [6.07, 6.45) is 0.482. The Bertz CT molecular complexity index is 462. The van der Waals surface area contributed by atoms with Crippen LogP contribution < -0.4 is 5.32 Å². The van der Waals surface area contributed by atoms with Gasteiger partial charge in [0.2, 0.25) is 0 Å². The molecule has 0 fully saturated rings. The molecule has 3 N–H and O–H groups in total. The number of carbonyl (C=O) groups is 2. The van der Waals surface area contributed by atoms with Crippen LogP contribution in [0, 0.1) is 0 Å². The number of benzene rings is 1. The van der Waals surface area contributed by atoms with Gasteiger partial charge in [0.25, 0.3) is 0 Å². The predicted molar refractivity (Wildman–Crippen MR) is 75.8 cm³/mol. The standard InChI is InChI=1S/C14H20N2O4/c1-2-16(8-9-17)14(20)15-12-5-3-4-11(10-12)6-7-13(18)19/h3-5,10,17H,2,6-9H2,1H3,(H,15,20)(H,18,19). The number of aliphatic hydroxyl groups is 1. The highest BCUT2D eigenvalue weighted by atomic mass is 16.4. The van der Waals surface area contributed by atoms with Crippen molar-refractivity contribution in [3.63, 3.8) is 0 Å². The number of hydrogen-bond acceptors (Lipinski definition) is 3. The van der Waals surface area contributed by atoms with Crippen LogP contribution in [-0.4, -0.2) is 46.8 Å². The first kappa shape index (κ1) is 16.0. The highest BCUT2D eigenvalue weighted by Gasteiger charge is 2.11. The topological polar surface area (TPSA) is 89.9 Å². The Labute approximate surface area is 118 Å². The number of carboxylic acids is 1. The summed E-state index contributed by atoms with van der Waals surface area (Å²) in [6.45, 7) is 2.53. The smallest absolute Gasteiger partial charge is 0.321 e. The minimum absolute atomic E-state index is 0.0585. The summed E-state index contributed by atoms with van der Waals surface area (Å²) in [4.78, 5) is 23.9. The molecular weight excluding hydrogens is 260 g/mol. The molecule has 0 aliphatic rings. The SMILES string of the molecule is CCN(CCO)C(=O)Nc1cccc(CCC(=O)O)c1. The van der Waals surface area contributed by atoms with Crippen LogP contribution in [0.1, 0.15) is 18.9 Å². The Morgan fingerprint density at radius 2 is 2.10 bits per heavy atom. The van der Waals surface area contributed by atoms with Crippen molar-refractivity contribution in [3.05, 3.63) is 29.8 Å². The third-order valence-corrected chi connectivity index (χ3v) is 2.84. The molecule has 1 rings (SSSR count). The van der Waals surface area contributed by atoms with E-state index >= 15 is 0 Å². The van der Waals surface area contributed by atoms with Crippen LogP contribution >= 0.6 is 0 Å². The summed E-state index contributed by atoms with van der Waals surface area (Å²) < 4.78 is 0. The number of urea groups is 1. The molecular formula is C14H20N2O4. The Morgan fingerprint density at radius 3 is 2.70 bits per heavy atom. The number of hydrogen-bond donors (Lipinski definition) is 3. The van der Waals surface area contributed by atoms with E-state index in [2.05, 4.69) is 5.32 Å². The van der Waals surface area contributed by atoms with Crippen LogP contribution in [0.5, 0.6) is 0 Å². The number of rotatable bonds is 7. The maximum Gasteiger partial charge on any atom is 0.321 e. The molecule has 0 aliphatic carbocycles. The monoisotopic (exact) mass is 280 g/mol. The minimum atomic E-state index is -0.848. The van der Waals surface area contributed by atoms with Crippen molar-refractivity contribution in [1.82, 2.24) is 4.90 Å². The first-order valence-corrected chi connectivity index (χ1v) is 6.54. The average molecular weight is 280 g/mol. The first-order valence-electron chi connectivity index (χ1n) is 6.54. The Kier molecular flexibility index (Phi) is 6.52. The number of carbonyl (C=O) groups excluding carboxylic acids is 1. The zero-order chi connectivity index (χ0) is 15.0. The van der Waals surface area contributed by atoms with Crippen molar-refractivity contribution in [2.75, 3.05) is 25.0 Å². The second kappa shape index (κ2) is 8.16. The maximum absolute atomic E-state index is 11.9. The Balaban J connectivity index is 2.65. The summed E-state index contributed by atoms with van der Waals surface area (Å²) >= 11 is 0. The van der Waals surface area contributed by atoms with Gasteiger partial charge in [0.1, 0.15) is 0 Å². The quantitative estimate of drug-likeness (QED) is 0.707. The molecule has 6 nitrogen and oxygen atoms in total. The highest BCUT2D eigenvalue weighted by Crippen LogP contribution is 2.13. The fraction of sp³-hybridized carbons (Fsp3) is 0.429. The van der Waals surface area contributed by atoms with Gasteiger partial charge in [-0.05, 0) is 31.0 Å². The fourth-order valence-electron chi connectivity index (χ4n) is 1.78. The normalized spacial score (nSPS) is 10.1. The number of aryl methyl sites for hydroxylation is 1. The van der Waals surface area contributed by atoms with Crippen molar-refractivity contribution in [2.24, 2.45) is 0 Å². The molecule has 0 bridgehead atoms. The summed E-state index contributed by atoms with van der Waals surface area (Å²) in [7, 11) is 0. The lowest BCUT2D eigenvalue weighted by molar-refractivity contribution is -0.136. The van der Waals surface area contributed by atoms with Gasteiger partial charge in [-0.3, -0.25) is 4.79 Å². The molecule has 0 heterocycles. The second-order valence-electron chi connectivity index (χ2n) is 4.33. The van der Waals surface area contributed by atoms with E-state index in [1.165, 1.54) is 4.90 Å². The third kappa shape index (κ3) is 5.27. The van der Waals surface area contributed by atoms with Crippen molar-refractivity contribution in [2.45, 2.75) is 19.8 Å². The molecule has 0 saturated heterocycles. The van der Waals surface area contributed by atoms with E-state index < -0.39 is 5.97 Å². The summed E-state index contributed by atoms with van der Waals surface area (Å²) in [6, 6.07) is 6.82. The minimum Gasteiger partial charge on any atom is -0.481 e. The number of aliphatic hydroxyl groups excluding tert-OH is 1. The first-order chi connectivity index (χ1) is 9.56. The van der Waals surface area contributed by atoms with Gasteiger partial charge >= 0.3 is 12.0 Å². The highest BCUT2D eigenvalue weighted by molar-refractivity contribution is 5.89. The van der Waals surface area contributed by atoms with Crippen LogP contribution in [0.25, 0.3) is 0 Å². The summed E-state index contributed by atoms with van der Waals surface area (Å²) in [5.41, 5.74) is 1.48. The molecule has 110 valence electrons. The van der Waals surface area contributed by atoms with Crippen molar-refractivity contribution >= 4 is 17.7 Å². The lowest BCUT2D eigenvalue weighted by Gasteiger charge is -2.20. The molecule has 2 amide bonds. The van der Waals surface area contributed by atoms with Gasteiger partial charge in [0.15, 0.2) is 0 Å². The van der Waals surface area contributed by atoms with E-state index in [4.69, 9.17) is 10.2 Å². The summed E-state index contributed by atoms with van der Waals surface area (Å²) in [5, 5.41) is 20.3. The molecule has 0 radical (unpaired) electrons. The second-order valence-corrected chi connectivity index (χ2v) is 4.33. The number of amides is 2. The van der Waals surface area contributed by atoms with Gasteiger partial charge in [0.05, 0.1) is 6.61 Å². The van der Waals surface area contributed by atoms with E-state index in [1.54, 1.807) is 18.2 Å². The number of likely N-dealkylation sites (N-methyl/N-ethyl adjacent to an activating group) is 1. The van der Waals surface area contributed by atoms with E-state index in [0.29, 0.717) is 18.7 Å². The van der Waals surface area contributed by atoms with Crippen LogP contribution in [-0.2, 0) is 11.2 Å². The van der Waals surface area contributed by atoms with Crippen molar-refractivity contribution < 1.29 is 19.8 Å². The number of carboxylic acid groups (broad SMARTS) is 1. The molecule has 6 heteroatoms. The van der Waals surface area contributed by atoms with Crippen molar-refractivity contribution in [3.8, 4) is 0 Å². The van der Waals surface area contributed by atoms with Crippen molar-refractivity contribution in [1.29, 1.82) is 0 Å². The van der Waals surface area contributed by atoms with E-state index in [0.717, 1.165) is 5.56 Å². The zero-order valence-corrected chi connectivity index (χ0v) is 11.5. The third-order valence-electron chi connectivity index (χ3n) is 2.84. The van der Waals surface area contributed by atoms with E-state index in [9.17, 15) is 9.59 Å². The molecule has 20 heavy (non-hydrogen) atoms. The summed E-state index contributed by atoms with van der Waals surface area (Å²) in [5.74, 6) is -0.848. The maximum atomic E-state index is 11.9. The molecule has 0 saturated carbocycles. The van der Waals surface area contributed by atoms with Crippen LogP contribution in [0.15, 0.2) is 24.3 Å². The average Bonchev–Trinajstić information content (AvgIpc) is 2.42. The number of anilines is 1. The molecule has 0 aromatic heterocycles. The van der Waals surface area contributed by atoms with Crippen LogP contribution in [0.4, 0.5) is 10.5 Å². The molecule has 0 spiro atoms. The zero-order valence-electron chi connectivity index (χ0n) is 11.5. The molecule has 0 unspecified atom stereocenters. The lowest BCUT2D eigenvalue weighted by Crippen LogP contribution is -2.36. The number of nitrogens with zero attached hydrogens (tertiary/aromatic N) is 1. The van der Waals surface area contributed by atoms with E-state index in [1.807, 2.05) is 13.0 Å². The van der Waals surface area contributed by atoms with Gasteiger partial charge < -0.3 is 20.4 Å². The number of aliphatic carboxylic acids is 1. The van der Waals surface area contributed by atoms with Gasteiger partial charge in [0, 0.05) is 25.2 Å². The molecule has 1 aromatic rings. The lowest BCUT2D eigenvalue weighted by atomic mass is 10.1. The Morgan fingerprint density at radius 1 is 1.35 bits per heavy atom. The van der Waals surface area contributed by atoms with E-state index in [-0.39, 0.29) is 25.6 Å². The molecule has 1 aromatic carbocycles. The van der Waals surface area contributed by atoms with Gasteiger partial charge in [-0.25, -0.2) is 4.79 Å². The van der Waals surface area contributed by atoms with Gasteiger partial charge in [-0.15, -0.1) is 0 Å². The molecule has 0 atom stereocenters.